The fraction of sp³-hybridized carbons (Fsp3) is 0.750. The lowest BCUT2D eigenvalue weighted by Crippen LogP contribution is -2.45. The van der Waals surface area contributed by atoms with Crippen LogP contribution in [-0.4, -0.2) is 57.9 Å². The van der Waals surface area contributed by atoms with E-state index < -0.39 is 0 Å². The Kier molecular flexibility index (Phi) is 5.65. The van der Waals surface area contributed by atoms with Gasteiger partial charge >= 0.3 is 0 Å². The van der Waals surface area contributed by atoms with E-state index in [1.54, 1.807) is 11.8 Å². The topological polar surface area (TPSA) is 73.9 Å². The van der Waals surface area contributed by atoms with Gasteiger partial charge < -0.3 is 5.32 Å². The van der Waals surface area contributed by atoms with Gasteiger partial charge in [0.15, 0.2) is 5.16 Å². The highest BCUT2D eigenvalue weighted by atomic mass is 32.2. The zero-order valence-electron chi connectivity index (χ0n) is 11.3. The van der Waals surface area contributed by atoms with Crippen molar-refractivity contribution in [1.82, 2.24) is 25.4 Å². The van der Waals surface area contributed by atoms with E-state index in [9.17, 15) is 4.79 Å². The molecule has 1 aromatic heterocycles. The highest BCUT2D eigenvalue weighted by Crippen LogP contribution is 2.15. The first-order valence-electron chi connectivity index (χ1n) is 6.73. The van der Waals surface area contributed by atoms with Crippen LogP contribution in [0.25, 0.3) is 0 Å². The highest BCUT2D eigenvalue weighted by molar-refractivity contribution is 7.99. The fourth-order valence-corrected chi connectivity index (χ4v) is 2.92. The number of hydrogen-bond acceptors (Lipinski definition) is 5. The van der Waals surface area contributed by atoms with Crippen LogP contribution < -0.4 is 5.32 Å². The molecule has 1 amide bonds. The van der Waals surface area contributed by atoms with E-state index in [4.69, 9.17) is 0 Å². The van der Waals surface area contributed by atoms with Crippen molar-refractivity contribution in [2.24, 2.45) is 0 Å². The number of aromatic nitrogens is 3. The van der Waals surface area contributed by atoms with Gasteiger partial charge in [-0.3, -0.25) is 14.8 Å². The van der Waals surface area contributed by atoms with E-state index in [0.717, 1.165) is 30.3 Å². The van der Waals surface area contributed by atoms with Crippen LogP contribution in [0, 0.1) is 0 Å². The van der Waals surface area contributed by atoms with Gasteiger partial charge in [-0.1, -0.05) is 24.6 Å². The van der Waals surface area contributed by atoms with Crippen LogP contribution in [0.15, 0.2) is 11.5 Å². The fourth-order valence-electron chi connectivity index (χ4n) is 2.29. The Hall–Kier alpha value is -1.08. The normalized spacial score (nSPS) is 21.0. The number of nitrogens with zero attached hydrogens (tertiary/aromatic N) is 3. The van der Waals surface area contributed by atoms with Crippen LogP contribution in [0.2, 0.25) is 0 Å². The van der Waals surface area contributed by atoms with Crippen LogP contribution in [-0.2, 0) is 4.79 Å². The third-order valence-electron chi connectivity index (χ3n) is 3.36. The van der Waals surface area contributed by atoms with Gasteiger partial charge in [-0.05, 0) is 26.4 Å². The average molecular weight is 283 g/mol. The zero-order chi connectivity index (χ0) is 13.5. The van der Waals surface area contributed by atoms with E-state index in [1.807, 2.05) is 7.05 Å². The second-order valence-electron chi connectivity index (χ2n) is 4.78. The van der Waals surface area contributed by atoms with E-state index >= 15 is 0 Å². The first-order chi connectivity index (χ1) is 9.27. The SMILES string of the molecule is CN1CCCCCC1C(=O)NCCSc1ncn[nH]1. The first-order valence-corrected chi connectivity index (χ1v) is 7.72. The third kappa shape index (κ3) is 4.50. The third-order valence-corrected chi connectivity index (χ3v) is 4.23. The predicted octanol–water partition coefficient (Wildman–Crippen LogP) is 0.887. The van der Waals surface area contributed by atoms with E-state index in [1.165, 1.54) is 19.2 Å². The van der Waals surface area contributed by atoms with Crippen molar-refractivity contribution in [3.05, 3.63) is 6.33 Å². The van der Waals surface area contributed by atoms with Gasteiger partial charge in [0.1, 0.15) is 6.33 Å². The lowest BCUT2D eigenvalue weighted by atomic mass is 10.1. The van der Waals surface area contributed by atoms with Gasteiger partial charge in [-0.2, -0.15) is 5.10 Å². The maximum atomic E-state index is 12.1. The van der Waals surface area contributed by atoms with Crippen molar-refractivity contribution >= 4 is 17.7 Å². The minimum Gasteiger partial charge on any atom is -0.354 e. The molecule has 0 aliphatic carbocycles. The van der Waals surface area contributed by atoms with Crippen molar-refractivity contribution in [3.8, 4) is 0 Å². The number of carbonyl (C=O) groups excluding carboxylic acids is 1. The number of aromatic amines is 1. The van der Waals surface area contributed by atoms with Crippen LogP contribution >= 0.6 is 11.8 Å². The van der Waals surface area contributed by atoms with Gasteiger partial charge in [0.2, 0.25) is 5.91 Å². The summed E-state index contributed by atoms with van der Waals surface area (Å²) in [7, 11) is 2.04. The summed E-state index contributed by atoms with van der Waals surface area (Å²) in [4.78, 5) is 18.3. The number of rotatable bonds is 5. The molecule has 1 atom stereocenters. The molecule has 106 valence electrons. The summed E-state index contributed by atoms with van der Waals surface area (Å²) >= 11 is 1.56. The quantitative estimate of drug-likeness (QED) is 0.620. The Bertz CT molecular complexity index is 383. The Morgan fingerprint density at radius 1 is 1.58 bits per heavy atom. The maximum Gasteiger partial charge on any atom is 0.237 e. The van der Waals surface area contributed by atoms with Gasteiger partial charge in [0, 0.05) is 12.3 Å². The molecule has 0 spiro atoms. The standard InChI is InChI=1S/C12H21N5OS/c1-17-7-4-2-3-5-10(17)11(18)13-6-8-19-12-14-9-15-16-12/h9-10H,2-8H2,1H3,(H,13,18)(H,14,15,16). The smallest absolute Gasteiger partial charge is 0.237 e. The Balaban J connectivity index is 1.68. The molecule has 2 heterocycles. The molecule has 2 N–H and O–H groups in total. The lowest BCUT2D eigenvalue weighted by Gasteiger charge is -2.24. The van der Waals surface area contributed by atoms with Crippen LogP contribution in [0.4, 0.5) is 0 Å². The molecule has 1 aliphatic heterocycles. The number of nitrogens with one attached hydrogen (secondary N) is 2. The minimum atomic E-state index is 0.0396. The van der Waals surface area contributed by atoms with Crippen LogP contribution in [0.3, 0.4) is 0 Å². The zero-order valence-corrected chi connectivity index (χ0v) is 12.1. The lowest BCUT2D eigenvalue weighted by molar-refractivity contribution is -0.125. The Labute approximate surface area is 117 Å². The van der Waals surface area contributed by atoms with Gasteiger partial charge in [0.25, 0.3) is 0 Å². The molecule has 0 bridgehead atoms. The molecule has 0 radical (unpaired) electrons. The van der Waals surface area contributed by atoms with Crippen LogP contribution in [0.5, 0.6) is 0 Å². The van der Waals surface area contributed by atoms with Crippen molar-refractivity contribution in [2.75, 3.05) is 25.9 Å². The van der Waals surface area contributed by atoms with Crippen molar-refractivity contribution in [3.63, 3.8) is 0 Å². The summed E-state index contributed by atoms with van der Waals surface area (Å²) in [5.41, 5.74) is 0. The molecule has 1 fully saturated rings. The van der Waals surface area contributed by atoms with Gasteiger partial charge in [-0.15, -0.1) is 0 Å². The highest BCUT2D eigenvalue weighted by Gasteiger charge is 2.23. The second kappa shape index (κ2) is 7.49. The van der Waals surface area contributed by atoms with E-state index in [-0.39, 0.29) is 11.9 Å². The second-order valence-corrected chi connectivity index (χ2v) is 5.86. The van der Waals surface area contributed by atoms with Crippen molar-refractivity contribution in [2.45, 2.75) is 36.9 Å². The molecule has 1 aromatic rings. The summed E-state index contributed by atoms with van der Waals surface area (Å²) in [6.45, 7) is 1.68. The summed E-state index contributed by atoms with van der Waals surface area (Å²) in [5.74, 6) is 0.958. The molecule has 6 nitrogen and oxygen atoms in total. The summed E-state index contributed by atoms with van der Waals surface area (Å²) in [5, 5.41) is 10.4. The first kappa shape index (κ1) is 14.3. The Morgan fingerprint density at radius 3 is 3.26 bits per heavy atom. The van der Waals surface area contributed by atoms with E-state index in [2.05, 4.69) is 25.4 Å². The molecular weight excluding hydrogens is 262 g/mol. The molecule has 1 aliphatic rings. The van der Waals surface area contributed by atoms with Gasteiger partial charge in [-0.25, -0.2) is 4.98 Å². The number of H-pyrrole nitrogens is 1. The summed E-state index contributed by atoms with van der Waals surface area (Å²) in [6, 6.07) is 0.0396. The molecule has 0 saturated carbocycles. The van der Waals surface area contributed by atoms with Crippen LogP contribution in [0.1, 0.15) is 25.7 Å². The van der Waals surface area contributed by atoms with Crippen molar-refractivity contribution in [1.29, 1.82) is 0 Å². The molecule has 19 heavy (non-hydrogen) atoms. The molecule has 7 heteroatoms. The summed E-state index contributed by atoms with van der Waals surface area (Å²) < 4.78 is 0. The van der Waals surface area contributed by atoms with E-state index in [0.29, 0.717) is 6.54 Å². The predicted molar refractivity (Wildman–Crippen MR) is 75.0 cm³/mol. The van der Waals surface area contributed by atoms with Gasteiger partial charge in [0.05, 0.1) is 6.04 Å². The average Bonchev–Trinajstić information content (AvgIpc) is 2.82. The number of amides is 1. The monoisotopic (exact) mass is 283 g/mol. The summed E-state index contributed by atoms with van der Waals surface area (Å²) in [6.07, 6.45) is 6.03. The number of likely N-dealkylation sites (tertiary alicyclic amines) is 1. The minimum absolute atomic E-state index is 0.0396. The molecule has 0 aromatic carbocycles. The molecular formula is C12H21N5OS. The number of hydrogen-bond donors (Lipinski definition) is 2. The largest absolute Gasteiger partial charge is 0.354 e. The molecule has 2 rings (SSSR count). The number of carbonyl (C=O) groups is 1. The molecule has 1 unspecified atom stereocenters. The number of thioether (sulfide) groups is 1. The number of likely N-dealkylation sites (N-methyl/N-ethyl adjacent to an activating group) is 1. The Morgan fingerprint density at radius 2 is 2.47 bits per heavy atom. The van der Waals surface area contributed by atoms with Crippen molar-refractivity contribution < 1.29 is 4.79 Å². The molecule has 1 saturated heterocycles. The maximum absolute atomic E-state index is 12.1.